The van der Waals surface area contributed by atoms with E-state index in [1.165, 1.54) is 41.7 Å². The molecule has 10 heteroatoms. The molecule has 1 heterocycles. The summed E-state index contributed by atoms with van der Waals surface area (Å²) in [5, 5.41) is 0. The maximum atomic E-state index is 13.2. The minimum atomic E-state index is -3.87. The van der Waals surface area contributed by atoms with Crippen LogP contribution in [0.15, 0.2) is 76.5 Å². The van der Waals surface area contributed by atoms with Gasteiger partial charge in [-0.1, -0.05) is 0 Å². The third-order valence-corrected chi connectivity index (χ3v) is 8.40. The van der Waals surface area contributed by atoms with Crippen LogP contribution in [-0.2, 0) is 26.5 Å². The number of anilines is 2. The van der Waals surface area contributed by atoms with Gasteiger partial charge in [-0.3, -0.25) is 9.03 Å². The number of hydrogen-bond donors (Lipinski definition) is 1. The highest BCUT2D eigenvalue weighted by Gasteiger charge is 2.29. The van der Waals surface area contributed by atoms with Gasteiger partial charge < -0.3 is 4.74 Å². The first-order valence-electron chi connectivity index (χ1n) is 9.79. The predicted octanol–water partition coefficient (Wildman–Crippen LogP) is 3.78. The SMILES string of the molecule is COc1ccc(S(=O)(=O)Nc2ccc3c(c2)CCCN3S(=O)(=O)c2ccc(F)cc2)cc1. The van der Waals surface area contributed by atoms with E-state index in [1.807, 2.05) is 0 Å². The molecule has 0 unspecified atom stereocenters. The number of hydrogen-bond acceptors (Lipinski definition) is 5. The van der Waals surface area contributed by atoms with E-state index in [4.69, 9.17) is 4.74 Å². The summed E-state index contributed by atoms with van der Waals surface area (Å²) >= 11 is 0. The van der Waals surface area contributed by atoms with Crippen molar-refractivity contribution >= 4 is 31.4 Å². The number of aryl methyl sites for hydroxylation is 1. The molecule has 4 rings (SSSR count). The molecule has 3 aromatic carbocycles. The van der Waals surface area contributed by atoms with Crippen molar-refractivity contribution in [2.24, 2.45) is 0 Å². The molecule has 1 N–H and O–H groups in total. The van der Waals surface area contributed by atoms with Crippen molar-refractivity contribution in [2.75, 3.05) is 22.7 Å². The van der Waals surface area contributed by atoms with Crippen LogP contribution in [0.1, 0.15) is 12.0 Å². The lowest BCUT2D eigenvalue weighted by molar-refractivity contribution is 0.414. The number of ether oxygens (including phenoxy) is 1. The minimum Gasteiger partial charge on any atom is -0.497 e. The number of benzene rings is 3. The Labute approximate surface area is 186 Å². The third-order valence-electron chi connectivity index (χ3n) is 5.18. The molecule has 1 aliphatic heterocycles. The predicted molar refractivity (Wildman–Crippen MR) is 119 cm³/mol. The molecule has 0 aliphatic carbocycles. The number of nitrogens with one attached hydrogen (secondary N) is 1. The number of halogens is 1. The molecular formula is C22H21FN2O5S2. The molecule has 0 aromatic heterocycles. The summed E-state index contributed by atoms with van der Waals surface area (Å²) < 4.78 is 73.7. The van der Waals surface area contributed by atoms with Crippen LogP contribution in [0.4, 0.5) is 15.8 Å². The van der Waals surface area contributed by atoms with Gasteiger partial charge in [0.25, 0.3) is 20.0 Å². The molecule has 7 nitrogen and oxygen atoms in total. The third kappa shape index (κ3) is 4.28. The van der Waals surface area contributed by atoms with E-state index < -0.39 is 25.9 Å². The molecule has 0 saturated carbocycles. The van der Waals surface area contributed by atoms with E-state index in [2.05, 4.69) is 4.72 Å². The van der Waals surface area contributed by atoms with E-state index in [0.717, 1.165) is 12.1 Å². The van der Waals surface area contributed by atoms with Gasteiger partial charge in [-0.15, -0.1) is 0 Å². The van der Waals surface area contributed by atoms with Crippen LogP contribution < -0.4 is 13.8 Å². The second-order valence-corrected chi connectivity index (χ2v) is 10.8. The summed E-state index contributed by atoms with van der Waals surface area (Å²) in [6.45, 7) is 0.281. The van der Waals surface area contributed by atoms with Gasteiger partial charge in [0, 0.05) is 12.2 Å². The molecule has 0 spiro atoms. The normalized spacial score (nSPS) is 14.0. The van der Waals surface area contributed by atoms with Gasteiger partial charge in [-0.25, -0.2) is 21.2 Å². The summed E-state index contributed by atoms with van der Waals surface area (Å²) in [6, 6.07) is 15.4. The zero-order valence-electron chi connectivity index (χ0n) is 17.2. The maximum Gasteiger partial charge on any atom is 0.264 e. The molecule has 168 valence electrons. The Hall–Kier alpha value is -3.11. The Kier molecular flexibility index (Phi) is 5.83. The zero-order valence-corrected chi connectivity index (χ0v) is 18.8. The lowest BCUT2D eigenvalue weighted by Gasteiger charge is -2.31. The first-order chi connectivity index (χ1) is 15.2. The molecule has 3 aromatic rings. The van der Waals surface area contributed by atoms with Gasteiger partial charge in [0.1, 0.15) is 11.6 Å². The van der Waals surface area contributed by atoms with Crippen molar-refractivity contribution < 1.29 is 26.0 Å². The monoisotopic (exact) mass is 476 g/mol. The van der Waals surface area contributed by atoms with E-state index in [9.17, 15) is 21.2 Å². The van der Waals surface area contributed by atoms with Gasteiger partial charge >= 0.3 is 0 Å². The highest BCUT2D eigenvalue weighted by atomic mass is 32.2. The largest absolute Gasteiger partial charge is 0.497 e. The molecule has 32 heavy (non-hydrogen) atoms. The first kappa shape index (κ1) is 22.1. The van der Waals surface area contributed by atoms with Gasteiger partial charge in [-0.05, 0) is 85.1 Å². The average Bonchev–Trinajstić information content (AvgIpc) is 2.78. The van der Waals surface area contributed by atoms with Crippen molar-refractivity contribution in [3.05, 3.63) is 78.1 Å². The Morgan fingerprint density at radius 1 is 0.906 bits per heavy atom. The lowest BCUT2D eigenvalue weighted by Crippen LogP contribution is -2.35. The van der Waals surface area contributed by atoms with E-state index in [0.29, 0.717) is 35.5 Å². The van der Waals surface area contributed by atoms with Crippen LogP contribution in [0.5, 0.6) is 5.75 Å². The maximum absolute atomic E-state index is 13.2. The molecule has 0 atom stereocenters. The van der Waals surface area contributed by atoms with Crippen LogP contribution in [0.3, 0.4) is 0 Å². The second-order valence-electron chi connectivity index (χ2n) is 7.26. The van der Waals surface area contributed by atoms with Crippen LogP contribution >= 0.6 is 0 Å². The quantitative estimate of drug-likeness (QED) is 0.585. The van der Waals surface area contributed by atoms with Crippen LogP contribution in [0.2, 0.25) is 0 Å². The highest BCUT2D eigenvalue weighted by Crippen LogP contribution is 2.34. The number of fused-ring (bicyclic) bond motifs is 1. The summed E-state index contributed by atoms with van der Waals surface area (Å²) in [5.41, 5.74) is 1.52. The second kappa shape index (κ2) is 8.44. The van der Waals surface area contributed by atoms with Crippen molar-refractivity contribution in [3.63, 3.8) is 0 Å². The molecule has 0 fully saturated rings. The molecule has 0 radical (unpaired) electrons. The van der Waals surface area contributed by atoms with Crippen molar-refractivity contribution in [1.82, 2.24) is 0 Å². The average molecular weight is 477 g/mol. The minimum absolute atomic E-state index is 0.00367. The number of sulfonamides is 2. The summed E-state index contributed by atoms with van der Waals surface area (Å²) in [5.74, 6) is 0.0250. The fraction of sp³-hybridized carbons (Fsp3) is 0.182. The zero-order chi connectivity index (χ0) is 22.9. The van der Waals surface area contributed by atoms with Crippen LogP contribution in [-0.4, -0.2) is 30.5 Å². The van der Waals surface area contributed by atoms with Crippen molar-refractivity contribution in [3.8, 4) is 5.75 Å². The van der Waals surface area contributed by atoms with Gasteiger partial charge in [0.15, 0.2) is 0 Å². The van der Waals surface area contributed by atoms with Crippen molar-refractivity contribution in [1.29, 1.82) is 0 Å². The first-order valence-corrected chi connectivity index (χ1v) is 12.7. The summed E-state index contributed by atoms with van der Waals surface area (Å²) in [7, 11) is -6.21. The summed E-state index contributed by atoms with van der Waals surface area (Å²) in [4.78, 5) is 0.0765. The molecule has 0 saturated heterocycles. The fourth-order valence-electron chi connectivity index (χ4n) is 3.58. The fourth-order valence-corrected chi connectivity index (χ4v) is 6.17. The standard InChI is InChI=1S/C22H21FN2O5S2/c1-30-19-7-11-20(12-8-19)31(26,27)24-18-6-13-22-16(15-18)3-2-14-25(22)32(28,29)21-9-4-17(23)5-10-21/h4-13,15,24H,2-3,14H2,1H3. The van der Waals surface area contributed by atoms with E-state index in [1.54, 1.807) is 24.3 Å². The number of nitrogens with zero attached hydrogens (tertiary/aromatic N) is 1. The Morgan fingerprint density at radius 2 is 1.56 bits per heavy atom. The van der Waals surface area contributed by atoms with Gasteiger partial charge in [0.2, 0.25) is 0 Å². The Balaban J connectivity index is 1.62. The smallest absolute Gasteiger partial charge is 0.264 e. The molecular weight excluding hydrogens is 455 g/mol. The topological polar surface area (TPSA) is 92.8 Å². The van der Waals surface area contributed by atoms with Crippen molar-refractivity contribution in [2.45, 2.75) is 22.6 Å². The number of rotatable bonds is 6. The van der Waals surface area contributed by atoms with E-state index in [-0.39, 0.29) is 16.3 Å². The summed E-state index contributed by atoms with van der Waals surface area (Å²) in [6.07, 6.45) is 1.17. The molecule has 0 amide bonds. The van der Waals surface area contributed by atoms with Crippen LogP contribution in [0.25, 0.3) is 0 Å². The Bertz CT molecular complexity index is 1340. The Morgan fingerprint density at radius 3 is 2.22 bits per heavy atom. The highest BCUT2D eigenvalue weighted by molar-refractivity contribution is 7.93. The van der Waals surface area contributed by atoms with Gasteiger partial charge in [0.05, 0.1) is 22.6 Å². The van der Waals surface area contributed by atoms with Gasteiger partial charge in [-0.2, -0.15) is 0 Å². The lowest BCUT2D eigenvalue weighted by atomic mass is 10.0. The number of methoxy groups -OCH3 is 1. The molecule has 0 bridgehead atoms. The van der Waals surface area contributed by atoms with E-state index >= 15 is 0 Å². The molecule has 1 aliphatic rings. The van der Waals surface area contributed by atoms with Crippen LogP contribution in [0, 0.1) is 5.82 Å².